The summed E-state index contributed by atoms with van der Waals surface area (Å²) in [6.45, 7) is 4.18. The lowest BCUT2D eigenvalue weighted by molar-refractivity contribution is 0.227. The summed E-state index contributed by atoms with van der Waals surface area (Å²) in [4.78, 5) is 0. The van der Waals surface area contributed by atoms with Crippen LogP contribution >= 0.6 is 0 Å². The van der Waals surface area contributed by atoms with Gasteiger partial charge in [-0.2, -0.15) is 0 Å². The van der Waals surface area contributed by atoms with E-state index in [-0.39, 0.29) is 11.9 Å². The largest absolute Gasteiger partial charge is 0.496 e. The van der Waals surface area contributed by atoms with E-state index in [4.69, 9.17) is 4.74 Å². The first-order valence-electron chi connectivity index (χ1n) is 6.72. The van der Waals surface area contributed by atoms with Crippen molar-refractivity contribution in [1.29, 1.82) is 0 Å². The smallest absolute Gasteiger partial charge is 0.131 e. The summed E-state index contributed by atoms with van der Waals surface area (Å²) >= 11 is 0. The summed E-state index contributed by atoms with van der Waals surface area (Å²) in [6, 6.07) is 5.38. The average Bonchev–Trinajstić information content (AvgIpc) is 2.25. The van der Waals surface area contributed by atoms with Gasteiger partial charge >= 0.3 is 0 Å². The van der Waals surface area contributed by atoms with Crippen molar-refractivity contribution in [2.75, 3.05) is 7.11 Å². The van der Waals surface area contributed by atoms with E-state index in [1.165, 1.54) is 25.3 Å². The first-order valence-corrected chi connectivity index (χ1v) is 6.72. The molecule has 0 heterocycles. The fourth-order valence-electron chi connectivity index (χ4n) is 2.67. The van der Waals surface area contributed by atoms with E-state index in [1.807, 2.05) is 13.0 Å². The standard InChI is InChI=1S/C15H22FNO/c1-10(12-6-4-7-12)17-11(2)15-13(16)8-5-9-14(15)18-3/h5,8-12,17H,4,6-7H2,1-3H3. The first-order chi connectivity index (χ1) is 8.63. The molecule has 100 valence electrons. The zero-order valence-corrected chi connectivity index (χ0v) is 11.4. The third-order valence-corrected chi connectivity index (χ3v) is 4.04. The average molecular weight is 251 g/mol. The van der Waals surface area contributed by atoms with Gasteiger partial charge in [0.1, 0.15) is 11.6 Å². The Morgan fingerprint density at radius 1 is 1.33 bits per heavy atom. The Hall–Kier alpha value is -1.09. The second kappa shape index (κ2) is 5.70. The molecule has 3 heteroatoms. The zero-order chi connectivity index (χ0) is 13.1. The summed E-state index contributed by atoms with van der Waals surface area (Å²) in [7, 11) is 1.58. The van der Waals surface area contributed by atoms with Crippen LogP contribution in [0.15, 0.2) is 18.2 Å². The van der Waals surface area contributed by atoms with Crippen molar-refractivity contribution < 1.29 is 9.13 Å². The topological polar surface area (TPSA) is 21.3 Å². The SMILES string of the molecule is COc1cccc(F)c1C(C)NC(C)C1CCC1. The van der Waals surface area contributed by atoms with Gasteiger partial charge in [-0.05, 0) is 44.7 Å². The van der Waals surface area contributed by atoms with Crippen LogP contribution in [0.3, 0.4) is 0 Å². The molecule has 1 aromatic rings. The second-order valence-electron chi connectivity index (χ2n) is 5.22. The molecule has 0 aromatic heterocycles. The Balaban J connectivity index is 2.09. The first kappa shape index (κ1) is 13.3. The maximum Gasteiger partial charge on any atom is 0.131 e. The summed E-state index contributed by atoms with van der Waals surface area (Å²) in [5, 5.41) is 3.49. The number of rotatable bonds is 5. The van der Waals surface area contributed by atoms with Crippen molar-refractivity contribution in [3.63, 3.8) is 0 Å². The molecule has 1 aliphatic rings. The molecule has 1 aromatic carbocycles. The molecule has 0 bridgehead atoms. The molecule has 0 saturated heterocycles. The van der Waals surface area contributed by atoms with Gasteiger partial charge in [0.2, 0.25) is 0 Å². The molecular formula is C15H22FNO. The highest BCUT2D eigenvalue weighted by Crippen LogP contribution is 2.32. The fraction of sp³-hybridized carbons (Fsp3) is 0.600. The second-order valence-corrected chi connectivity index (χ2v) is 5.22. The lowest BCUT2D eigenvalue weighted by Gasteiger charge is -2.34. The number of hydrogen-bond acceptors (Lipinski definition) is 2. The molecule has 1 aliphatic carbocycles. The van der Waals surface area contributed by atoms with Gasteiger partial charge in [-0.3, -0.25) is 0 Å². The van der Waals surface area contributed by atoms with E-state index in [9.17, 15) is 4.39 Å². The summed E-state index contributed by atoms with van der Waals surface area (Å²) < 4.78 is 19.2. The monoisotopic (exact) mass is 251 g/mol. The van der Waals surface area contributed by atoms with E-state index in [0.29, 0.717) is 17.4 Å². The van der Waals surface area contributed by atoms with Crippen molar-refractivity contribution >= 4 is 0 Å². The van der Waals surface area contributed by atoms with Gasteiger partial charge in [0.25, 0.3) is 0 Å². The van der Waals surface area contributed by atoms with Crippen molar-refractivity contribution in [1.82, 2.24) is 5.32 Å². The Labute approximate surface area is 109 Å². The molecule has 0 spiro atoms. The summed E-state index contributed by atoms with van der Waals surface area (Å²) in [5.74, 6) is 1.16. The molecular weight excluding hydrogens is 229 g/mol. The van der Waals surface area contributed by atoms with Crippen LogP contribution in [0.4, 0.5) is 4.39 Å². The maximum absolute atomic E-state index is 13.9. The van der Waals surface area contributed by atoms with E-state index in [2.05, 4.69) is 12.2 Å². The lowest BCUT2D eigenvalue weighted by Crippen LogP contribution is -2.38. The molecule has 0 amide bonds. The van der Waals surface area contributed by atoms with E-state index in [1.54, 1.807) is 13.2 Å². The Kier molecular flexibility index (Phi) is 4.23. The highest BCUT2D eigenvalue weighted by molar-refractivity contribution is 5.37. The molecule has 2 rings (SSSR count). The van der Waals surface area contributed by atoms with E-state index >= 15 is 0 Å². The van der Waals surface area contributed by atoms with Crippen LogP contribution in [-0.2, 0) is 0 Å². The number of benzene rings is 1. The van der Waals surface area contributed by atoms with Crippen LogP contribution in [0.25, 0.3) is 0 Å². The summed E-state index contributed by atoms with van der Waals surface area (Å²) in [6.07, 6.45) is 3.90. The molecule has 1 saturated carbocycles. The third kappa shape index (κ3) is 2.66. The van der Waals surface area contributed by atoms with Crippen LogP contribution in [0, 0.1) is 11.7 Å². The molecule has 0 aliphatic heterocycles. The van der Waals surface area contributed by atoms with Crippen LogP contribution in [0.1, 0.15) is 44.7 Å². The van der Waals surface area contributed by atoms with E-state index in [0.717, 1.165) is 5.92 Å². The molecule has 18 heavy (non-hydrogen) atoms. The van der Waals surface area contributed by atoms with Crippen molar-refractivity contribution in [3.8, 4) is 5.75 Å². The maximum atomic E-state index is 13.9. The van der Waals surface area contributed by atoms with Crippen LogP contribution in [0.5, 0.6) is 5.75 Å². The van der Waals surface area contributed by atoms with E-state index < -0.39 is 0 Å². The normalized spacial score (nSPS) is 19.1. The van der Waals surface area contributed by atoms with Crippen molar-refractivity contribution in [3.05, 3.63) is 29.6 Å². The Morgan fingerprint density at radius 3 is 2.61 bits per heavy atom. The molecule has 2 nitrogen and oxygen atoms in total. The minimum absolute atomic E-state index is 0.0308. The number of ether oxygens (including phenoxy) is 1. The molecule has 2 unspecified atom stereocenters. The van der Waals surface area contributed by atoms with Gasteiger partial charge in [0.05, 0.1) is 7.11 Å². The number of hydrogen-bond donors (Lipinski definition) is 1. The molecule has 1 N–H and O–H groups in total. The Bertz CT molecular complexity index is 403. The van der Waals surface area contributed by atoms with Crippen LogP contribution < -0.4 is 10.1 Å². The number of halogens is 1. The minimum Gasteiger partial charge on any atom is -0.496 e. The molecule has 1 fully saturated rings. The van der Waals surface area contributed by atoms with Gasteiger partial charge in [0, 0.05) is 17.6 Å². The van der Waals surface area contributed by atoms with Gasteiger partial charge < -0.3 is 10.1 Å². The summed E-state index contributed by atoms with van der Waals surface area (Å²) in [5.41, 5.74) is 0.631. The van der Waals surface area contributed by atoms with Gasteiger partial charge in [-0.25, -0.2) is 4.39 Å². The molecule has 0 radical (unpaired) electrons. The Morgan fingerprint density at radius 2 is 2.06 bits per heavy atom. The highest BCUT2D eigenvalue weighted by Gasteiger charge is 2.26. The third-order valence-electron chi connectivity index (χ3n) is 4.04. The quantitative estimate of drug-likeness (QED) is 0.862. The lowest BCUT2D eigenvalue weighted by atomic mass is 9.80. The number of methoxy groups -OCH3 is 1. The minimum atomic E-state index is -0.199. The van der Waals surface area contributed by atoms with Gasteiger partial charge in [-0.1, -0.05) is 12.5 Å². The highest BCUT2D eigenvalue weighted by atomic mass is 19.1. The number of nitrogens with one attached hydrogen (secondary N) is 1. The van der Waals surface area contributed by atoms with Crippen molar-refractivity contribution in [2.24, 2.45) is 5.92 Å². The molecule has 2 atom stereocenters. The van der Waals surface area contributed by atoms with Gasteiger partial charge in [0.15, 0.2) is 0 Å². The van der Waals surface area contributed by atoms with Crippen LogP contribution in [0.2, 0.25) is 0 Å². The predicted octanol–water partition coefficient (Wildman–Crippen LogP) is 3.67. The van der Waals surface area contributed by atoms with Crippen molar-refractivity contribution in [2.45, 2.75) is 45.2 Å². The fourth-order valence-corrected chi connectivity index (χ4v) is 2.67. The van der Waals surface area contributed by atoms with Gasteiger partial charge in [-0.15, -0.1) is 0 Å². The predicted molar refractivity (Wildman–Crippen MR) is 71.3 cm³/mol. The van der Waals surface area contributed by atoms with Crippen LogP contribution in [-0.4, -0.2) is 13.2 Å². The zero-order valence-electron chi connectivity index (χ0n) is 11.4.